The van der Waals surface area contributed by atoms with Crippen LogP contribution in [0.5, 0.6) is 5.75 Å². The van der Waals surface area contributed by atoms with Gasteiger partial charge >= 0.3 is 0 Å². The Bertz CT molecular complexity index is 907. The van der Waals surface area contributed by atoms with Gasteiger partial charge in [0.25, 0.3) is 10.7 Å². The van der Waals surface area contributed by atoms with E-state index in [1.165, 1.54) is 4.68 Å². The van der Waals surface area contributed by atoms with Crippen LogP contribution in [-0.4, -0.2) is 15.7 Å². The van der Waals surface area contributed by atoms with E-state index in [0.29, 0.717) is 17.3 Å². The summed E-state index contributed by atoms with van der Waals surface area (Å²) in [6, 6.07) is 16.8. The summed E-state index contributed by atoms with van der Waals surface area (Å²) in [5, 5.41) is 6.97. The number of benzene rings is 2. The van der Waals surface area contributed by atoms with Crippen molar-refractivity contribution in [3.8, 4) is 5.75 Å². The minimum absolute atomic E-state index is 0.0281. The normalized spacial score (nSPS) is 10.4. The molecule has 0 saturated heterocycles. The molecule has 0 aliphatic rings. The van der Waals surface area contributed by atoms with Crippen molar-refractivity contribution in [2.24, 2.45) is 0 Å². The Morgan fingerprint density at radius 3 is 2.64 bits per heavy atom. The van der Waals surface area contributed by atoms with Crippen LogP contribution in [0.15, 0.2) is 59.0 Å². The fraction of sp³-hybridized carbons (Fsp3) is 0.118. The standard InChI is InChI=1S/C17H14IN3O3S/c18-12-6-8-13(9-7-12)19-15(22)10-21-17(25)24-16(20-21)11-23-14-4-2-1-3-5-14/h1-9H,10-11H2,(H,19,22). The van der Waals surface area contributed by atoms with Gasteiger partial charge in [-0.15, -0.1) is 5.10 Å². The maximum absolute atomic E-state index is 12.1. The van der Waals surface area contributed by atoms with Crippen molar-refractivity contribution < 1.29 is 13.9 Å². The summed E-state index contributed by atoms with van der Waals surface area (Å²) >= 11 is 7.30. The van der Waals surface area contributed by atoms with E-state index in [0.717, 1.165) is 3.57 Å². The lowest BCUT2D eigenvalue weighted by atomic mass is 10.3. The molecule has 3 rings (SSSR count). The van der Waals surface area contributed by atoms with Crippen LogP contribution in [0.4, 0.5) is 5.69 Å². The van der Waals surface area contributed by atoms with Gasteiger partial charge in [-0.1, -0.05) is 18.2 Å². The molecule has 1 N–H and O–H groups in total. The smallest absolute Gasteiger partial charge is 0.287 e. The van der Waals surface area contributed by atoms with Crippen LogP contribution in [0, 0.1) is 8.41 Å². The minimum atomic E-state index is -0.235. The van der Waals surface area contributed by atoms with Gasteiger partial charge in [-0.3, -0.25) is 4.79 Å². The van der Waals surface area contributed by atoms with Crippen LogP contribution in [0.3, 0.4) is 0 Å². The van der Waals surface area contributed by atoms with Gasteiger partial charge in [-0.2, -0.15) is 0 Å². The molecule has 8 heteroatoms. The SMILES string of the molecule is O=C(Cn1nc(COc2ccccc2)oc1=S)Nc1ccc(I)cc1. The number of aromatic nitrogens is 2. The zero-order valence-electron chi connectivity index (χ0n) is 13.0. The molecule has 6 nitrogen and oxygen atoms in total. The number of para-hydroxylation sites is 1. The van der Waals surface area contributed by atoms with Crippen LogP contribution in [0.2, 0.25) is 0 Å². The fourth-order valence-corrected chi connectivity index (χ4v) is 2.60. The van der Waals surface area contributed by atoms with Gasteiger partial charge in [0.15, 0.2) is 6.61 Å². The molecule has 128 valence electrons. The summed E-state index contributed by atoms with van der Waals surface area (Å²) < 4.78 is 13.3. The van der Waals surface area contributed by atoms with Gasteiger partial charge in [0, 0.05) is 9.26 Å². The molecule has 0 fully saturated rings. The molecule has 0 aliphatic carbocycles. The Kier molecular flexibility index (Phi) is 5.82. The van der Waals surface area contributed by atoms with Crippen LogP contribution in [0.1, 0.15) is 5.89 Å². The molecule has 25 heavy (non-hydrogen) atoms. The highest BCUT2D eigenvalue weighted by molar-refractivity contribution is 14.1. The molecule has 1 aromatic heterocycles. The van der Waals surface area contributed by atoms with Crippen molar-refractivity contribution >= 4 is 46.4 Å². The lowest BCUT2D eigenvalue weighted by molar-refractivity contribution is -0.117. The summed E-state index contributed by atoms with van der Waals surface area (Å²) in [6.07, 6.45) is 0. The zero-order valence-corrected chi connectivity index (χ0v) is 16.0. The van der Waals surface area contributed by atoms with Crippen molar-refractivity contribution in [2.45, 2.75) is 13.2 Å². The Morgan fingerprint density at radius 2 is 1.92 bits per heavy atom. The van der Waals surface area contributed by atoms with E-state index in [-0.39, 0.29) is 23.9 Å². The Balaban J connectivity index is 1.59. The molecule has 0 unspecified atom stereocenters. The van der Waals surface area contributed by atoms with E-state index >= 15 is 0 Å². The Labute approximate surface area is 162 Å². The van der Waals surface area contributed by atoms with Crippen LogP contribution < -0.4 is 10.1 Å². The number of carbonyl (C=O) groups excluding carboxylic acids is 1. The van der Waals surface area contributed by atoms with E-state index in [1.807, 2.05) is 54.6 Å². The molecule has 1 heterocycles. The Hall–Kier alpha value is -2.20. The third-order valence-electron chi connectivity index (χ3n) is 3.17. The van der Waals surface area contributed by atoms with Gasteiger partial charge < -0.3 is 14.5 Å². The van der Waals surface area contributed by atoms with Crippen molar-refractivity contribution in [1.29, 1.82) is 0 Å². The third-order valence-corrected chi connectivity index (χ3v) is 4.19. The van der Waals surface area contributed by atoms with Crippen molar-refractivity contribution in [2.75, 3.05) is 5.32 Å². The van der Waals surface area contributed by atoms with E-state index in [1.54, 1.807) is 0 Å². The van der Waals surface area contributed by atoms with Crippen molar-refractivity contribution in [3.05, 3.63) is 68.9 Å². The second-order valence-corrected chi connectivity index (χ2v) is 6.67. The highest BCUT2D eigenvalue weighted by Gasteiger charge is 2.10. The summed E-state index contributed by atoms with van der Waals surface area (Å²) in [4.78, 5) is 12.2. The topological polar surface area (TPSA) is 69.3 Å². The third kappa shape index (κ3) is 5.13. The maximum Gasteiger partial charge on any atom is 0.287 e. The number of rotatable bonds is 6. The lowest BCUT2D eigenvalue weighted by Gasteiger charge is -2.04. The number of halogens is 1. The van der Waals surface area contributed by atoms with Gasteiger partial charge in [-0.25, -0.2) is 4.68 Å². The molecule has 0 aliphatic heterocycles. The quantitative estimate of drug-likeness (QED) is 0.438. The first-order chi connectivity index (χ1) is 12.1. The van der Waals surface area contributed by atoms with Gasteiger partial charge in [0.1, 0.15) is 12.3 Å². The van der Waals surface area contributed by atoms with E-state index in [2.05, 4.69) is 33.0 Å². The second-order valence-electron chi connectivity index (χ2n) is 5.08. The summed E-state index contributed by atoms with van der Waals surface area (Å²) in [5.74, 6) is 0.784. The van der Waals surface area contributed by atoms with Gasteiger partial charge in [0.2, 0.25) is 5.91 Å². The average molecular weight is 467 g/mol. The first-order valence-corrected chi connectivity index (χ1v) is 8.89. The summed E-state index contributed by atoms with van der Waals surface area (Å²) in [5.41, 5.74) is 0.716. The molecule has 0 saturated carbocycles. The largest absolute Gasteiger partial charge is 0.484 e. The molecule has 3 aromatic rings. The van der Waals surface area contributed by atoms with Crippen molar-refractivity contribution in [3.63, 3.8) is 0 Å². The number of anilines is 1. The zero-order chi connectivity index (χ0) is 17.6. The highest BCUT2D eigenvalue weighted by Crippen LogP contribution is 2.12. The summed E-state index contributed by atoms with van der Waals surface area (Å²) in [6.45, 7) is 0.110. The minimum Gasteiger partial charge on any atom is -0.484 e. The second kappa shape index (κ2) is 8.26. The molecule has 0 atom stereocenters. The van der Waals surface area contributed by atoms with Crippen molar-refractivity contribution in [1.82, 2.24) is 9.78 Å². The Morgan fingerprint density at radius 1 is 1.20 bits per heavy atom. The maximum atomic E-state index is 12.1. The van der Waals surface area contributed by atoms with E-state index in [9.17, 15) is 4.79 Å². The number of nitrogens with zero attached hydrogens (tertiary/aromatic N) is 2. The first kappa shape index (κ1) is 17.6. The van der Waals surface area contributed by atoms with Gasteiger partial charge in [-0.05, 0) is 71.2 Å². The molecule has 2 aromatic carbocycles. The van der Waals surface area contributed by atoms with Crippen LogP contribution in [0.25, 0.3) is 0 Å². The molecular weight excluding hydrogens is 453 g/mol. The predicted molar refractivity (Wildman–Crippen MR) is 104 cm³/mol. The lowest BCUT2D eigenvalue weighted by Crippen LogP contribution is -2.19. The van der Waals surface area contributed by atoms with Crippen LogP contribution >= 0.6 is 34.8 Å². The number of ether oxygens (including phenoxy) is 1. The molecule has 0 spiro atoms. The monoisotopic (exact) mass is 467 g/mol. The van der Waals surface area contributed by atoms with E-state index < -0.39 is 0 Å². The number of hydrogen-bond donors (Lipinski definition) is 1. The highest BCUT2D eigenvalue weighted by atomic mass is 127. The number of amides is 1. The molecule has 0 bridgehead atoms. The first-order valence-electron chi connectivity index (χ1n) is 7.40. The molecule has 0 radical (unpaired) electrons. The average Bonchev–Trinajstić information content (AvgIpc) is 2.96. The molecular formula is C17H14IN3O3S. The summed E-state index contributed by atoms with van der Waals surface area (Å²) in [7, 11) is 0. The van der Waals surface area contributed by atoms with Crippen LogP contribution in [-0.2, 0) is 17.9 Å². The number of nitrogens with one attached hydrogen (secondary N) is 1. The van der Waals surface area contributed by atoms with E-state index in [4.69, 9.17) is 21.4 Å². The molecule has 1 amide bonds. The fourth-order valence-electron chi connectivity index (χ4n) is 2.04. The number of hydrogen-bond acceptors (Lipinski definition) is 5. The van der Waals surface area contributed by atoms with Gasteiger partial charge in [0.05, 0.1) is 0 Å². The number of carbonyl (C=O) groups is 1. The predicted octanol–water partition coefficient (Wildman–Crippen LogP) is 4.03.